The summed E-state index contributed by atoms with van der Waals surface area (Å²) in [5.41, 5.74) is 0.810. The maximum absolute atomic E-state index is 11.0. The molecule has 0 bridgehead atoms. The van der Waals surface area contributed by atoms with Gasteiger partial charge in [-0.25, -0.2) is 4.79 Å². The van der Waals surface area contributed by atoms with Crippen LogP contribution in [-0.4, -0.2) is 41.3 Å². The highest BCUT2D eigenvalue weighted by Crippen LogP contribution is 2.41. The molecule has 1 unspecified atom stereocenters. The van der Waals surface area contributed by atoms with Gasteiger partial charge in [0.05, 0.1) is 11.5 Å². The van der Waals surface area contributed by atoms with Gasteiger partial charge in [-0.3, -0.25) is 0 Å². The number of hydrogen-bond acceptors (Lipinski definition) is 3. The van der Waals surface area contributed by atoms with Crippen LogP contribution in [0.15, 0.2) is 30.3 Å². The summed E-state index contributed by atoms with van der Waals surface area (Å²) in [6.07, 6.45) is 4.86. The summed E-state index contributed by atoms with van der Waals surface area (Å²) >= 11 is 0. The summed E-state index contributed by atoms with van der Waals surface area (Å²) in [6, 6.07) is 13.4. The standard InChI is InChI=1S/C21H29N3O2/c1-2-19(23-20(25)26)16-10-13-24(14-16)18-8-11-21(15-22,12-9-18)17-6-4-3-5-7-17/h3-7,16,18-19,23H,2,8-14H2,1H3,(H,25,26)/t16-,18?,19?,21?/m0/s1. The molecule has 1 saturated carbocycles. The van der Waals surface area contributed by atoms with Crippen LogP contribution in [-0.2, 0) is 5.41 Å². The Morgan fingerprint density at radius 2 is 2.04 bits per heavy atom. The van der Waals surface area contributed by atoms with E-state index in [2.05, 4.69) is 28.4 Å². The van der Waals surface area contributed by atoms with Crippen molar-refractivity contribution in [2.75, 3.05) is 13.1 Å². The molecule has 1 saturated heterocycles. The Hall–Kier alpha value is -2.06. The van der Waals surface area contributed by atoms with Crippen molar-refractivity contribution in [2.24, 2.45) is 5.92 Å². The molecule has 0 radical (unpaired) electrons. The Balaban J connectivity index is 1.59. The molecule has 0 spiro atoms. The molecule has 26 heavy (non-hydrogen) atoms. The Kier molecular flexibility index (Phi) is 5.83. The highest BCUT2D eigenvalue weighted by molar-refractivity contribution is 5.64. The maximum Gasteiger partial charge on any atom is 0.404 e. The first-order valence-electron chi connectivity index (χ1n) is 9.78. The number of benzene rings is 1. The Morgan fingerprint density at radius 3 is 2.62 bits per heavy atom. The van der Waals surface area contributed by atoms with Gasteiger partial charge in [-0.2, -0.15) is 5.26 Å². The molecule has 2 N–H and O–H groups in total. The number of nitrogens with zero attached hydrogens (tertiary/aromatic N) is 2. The summed E-state index contributed by atoms with van der Waals surface area (Å²) in [5.74, 6) is 0.396. The average Bonchev–Trinajstić information content (AvgIpc) is 3.16. The zero-order valence-corrected chi connectivity index (χ0v) is 15.5. The third-order valence-electron chi connectivity index (χ3n) is 6.44. The first-order valence-corrected chi connectivity index (χ1v) is 9.78. The number of rotatable bonds is 5. The first-order chi connectivity index (χ1) is 12.6. The van der Waals surface area contributed by atoms with Crippen molar-refractivity contribution in [1.29, 1.82) is 5.26 Å². The fourth-order valence-corrected chi connectivity index (χ4v) is 4.87. The van der Waals surface area contributed by atoms with Crippen molar-refractivity contribution in [3.63, 3.8) is 0 Å². The molecule has 1 amide bonds. The van der Waals surface area contributed by atoms with Gasteiger partial charge in [0.2, 0.25) is 0 Å². The van der Waals surface area contributed by atoms with Gasteiger partial charge in [0, 0.05) is 18.6 Å². The van der Waals surface area contributed by atoms with Gasteiger partial charge in [0.25, 0.3) is 0 Å². The number of hydrogen-bond donors (Lipinski definition) is 2. The normalized spacial score (nSPS) is 30.5. The Bertz CT molecular complexity index is 647. The van der Waals surface area contributed by atoms with Crippen LogP contribution in [0.25, 0.3) is 0 Å². The van der Waals surface area contributed by atoms with Crippen molar-refractivity contribution in [3.05, 3.63) is 35.9 Å². The molecular weight excluding hydrogens is 326 g/mol. The van der Waals surface area contributed by atoms with Crippen LogP contribution in [0.5, 0.6) is 0 Å². The lowest BCUT2D eigenvalue weighted by Crippen LogP contribution is -2.43. The van der Waals surface area contributed by atoms with E-state index in [0.717, 1.165) is 57.2 Å². The van der Waals surface area contributed by atoms with Crippen LogP contribution < -0.4 is 5.32 Å². The van der Waals surface area contributed by atoms with Gasteiger partial charge in [-0.05, 0) is 56.6 Å². The predicted octanol–water partition coefficient (Wildman–Crippen LogP) is 3.76. The minimum absolute atomic E-state index is 0.0450. The van der Waals surface area contributed by atoms with Crippen LogP contribution in [0.4, 0.5) is 4.79 Å². The van der Waals surface area contributed by atoms with E-state index in [1.165, 1.54) is 0 Å². The minimum Gasteiger partial charge on any atom is -0.465 e. The third kappa shape index (κ3) is 3.86. The second-order valence-corrected chi connectivity index (χ2v) is 7.80. The zero-order chi connectivity index (χ0) is 18.6. The number of carbonyl (C=O) groups is 1. The molecule has 1 aromatic rings. The zero-order valence-electron chi connectivity index (χ0n) is 15.5. The second kappa shape index (κ2) is 8.09. The summed E-state index contributed by atoms with van der Waals surface area (Å²) in [5, 5.41) is 21.6. The number of likely N-dealkylation sites (tertiary alicyclic amines) is 1. The molecule has 2 fully saturated rings. The number of amides is 1. The quantitative estimate of drug-likeness (QED) is 0.843. The van der Waals surface area contributed by atoms with Crippen LogP contribution in [0.2, 0.25) is 0 Å². The van der Waals surface area contributed by atoms with Crippen molar-refractivity contribution >= 4 is 6.09 Å². The number of carboxylic acid groups (broad SMARTS) is 1. The van der Waals surface area contributed by atoms with Gasteiger partial charge in [-0.1, -0.05) is 37.3 Å². The van der Waals surface area contributed by atoms with Crippen LogP contribution >= 0.6 is 0 Å². The van der Waals surface area contributed by atoms with Crippen molar-refractivity contribution < 1.29 is 9.90 Å². The molecule has 2 aliphatic rings. The lowest BCUT2D eigenvalue weighted by molar-refractivity contribution is 0.154. The maximum atomic E-state index is 11.0. The molecule has 1 aliphatic carbocycles. The molecule has 1 aliphatic heterocycles. The molecule has 2 atom stereocenters. The molecular formula is C21H29N3O2. The molecule has 1 heterocycles. The van der Waals surface area contributed by atoms with E-state index < -0.39 is 6.09 Å². The molecule has 1 aromatic carbocycles. The van der Waals surface area contributed by atoms with Crippen LogP contribution in [0, 0.1) is 17.2 Å². The van der Waals surface area contributed by atoms with E-state index >= 15 is 0 Å². The fourth-order valence-electron chi connectivity index (χ4n) is 4.87. The predicted molar refractivity (Wildman–Crippen MR) is 101 cm³/mol. The molecule has 5 nitrogen and oxygen atoms in total. The van der Waals surface area contributed by atoms with E-state index in [1.54, 1.807) is 0 Å². The van der Waals surface area contributed by atoms with Gasteiger partial charge in [0.1, 0.15) is 0 Å². The average molecular weight is 355 g/mol. The van der Waals surface area contributed by atoms with Crippen LogP contribution in [0.1, 0.15) is 51.0 Å². The molecule has 5 heteroatoms. The SMILES string of the molecule is CCC(NC(=O)O)[C@H]1CCN(C2CCC(C#N)(c3ccccc3)CC2)C1. The van der Waals surface area contributed by atoms with E-state index in [0.29, 0.717) is 12.0 Å². The van der Waals surface area contributed by atoms with Crippen molar-refractivity contribution in [2.45, 2.75) is 62.9 Å². The van der Waals surface area contributed by atoms with Crippen molar-refractivity contribution in [3.8, 4) is 6.07 Å². The minimum atomic E-state index is -0.922. The second-order valence-electron chi connectivity index (χ2n) is 7.80. The lowest BCUT2D eigenvalue weighted by atomic mass is 9.69. The Labute approximate surface area is 156 Å². The summed E-state index contributed by atoms with van der Waals surface area (Å²) in [4.78, 5) is 13.5. The van der Waals surface area contributed by atoms with Gasteiger partial charge >= 0.3 is 6.09 Å². The summed E-state index contributed by atoms with van der Waals surface area (Å²) < 4.78 is 0. The summed E-state index contributed by atoms with van der Waals surface area (Å²) in [7, 11) is 0. The largest absolute Gasteiger partial charge is 0.465 e. The van der Waals surface area contributed by atoms with E-state index in [1.807, 2.05) is 25.1 Å². The van der Waals surface area contributed by atoms with Crippen molar-refractivity contribution in [1.82, 2.24) is 10.2 Å². The van der Waals surface area contributed by atoms with Crippen LogP contribution in [0.3, 0.4) is 0 Å². The van der Waals surface area contributed by atoms with Gasteiger partial charge < -0.3 is 15.3 Å². The first kappa shape index (κ1) is 18.7. The van der Waals surface area contributed by atoms with E-state index in [-0.39, 0.29) is 11.5 Å². The highest BCUT2D eigenvalue weighted by Gasteiger charge is 2.40. The highest BCUT2D eigenvalue weighted by atomic mass is 16.4. The fraction of sp³-hybridized carbons (Fsp3) is 0.619. The monoisotopic (exact) mass is 355 g/mol. The summed E-state index contributed by atoms with van der Waals surface area (Å²) in [6.45, 7) is 4.05. The number of nitriles is 1. The topological polar surface area (TPSA) is 76.4 Å². The van der Waals surface area contributed by atoms with E-state index in [4.69, 9.17) is 5.11 Å². The molecule has 140 valence electrons. The Morgan fingerprint density at radius 1 is 1.35 bits per heavy atom. The van der Waals surface area contributed by atoms with E-state index in [9.17, 15) is 10.1 Å². The lowest BCUT2D eigenvalue weighted by Gasteiger charge is -2.39. The smallest absolute Gasteiger partial charge is 0.404 e. The molecule has 0 aromatic heterocycles. The van der Waals surface area contributed by atoms with Gasteiger partial charge in [-0.15, -0.1) is 0 Å². The van der Waals surface area contributed by atoms with Gasteiger partial charge in [0.15, 0.2) is 0 Å². The number of nitrogens with one attached hydrogen (secondary N) is 1. The third-order valence-corrected chi connectivity index (χ3v) is 6.44. The molecule has 3 rings (SSSR count).